The molecule has 0 saturated carbocycles. The molecule has 1 aromatic rings. The van der Waals surface area contributed by atoms with Gasteiger partial charge in [-0.3, -0.25) is 5.10 Å². The normalized spacial score (nSPS) is 12.2. The van der Waals surface area contributed by atoms with Gasteiger partial charge >= 0.3 is 0 Å². The Morgan fingerprint density at radius 2 is 2.24 bits per heavy atom. The topological polar surface area (TPSA) is 87.7 Å². The molecule has 1 rings (SSSR count). The molecule has 0 aliphatic heterocycles. The van der Waals surface area contributed by atoms with E-state index in [1.807, 2.05) is 13.8 Å². The maximum atomic E-state index is 11.5. The molecule has 1 aromatic heterocycles. The molecule has 0 radical (unpaired) electrons. The molecule has 0 aliphatic carbocycles. The Kier molecular flexibility index (Phi) is 5.57. The highest BCUT2D eigenvalue weighted by Gasteiger charge is 2.10. The van der Waals surface area contributed by atoms with Crippen LogP contribution in [0.15, 0.2) is 6.33 Å². The van der Waals surface area contributed by atoms with Gasteiger partial charge in [0, 0.05) is 13.0 Å². The fourth-order valence-electron chi connectivity index (χ4n) is 1.30. The van der Waals surface area contributed by atoms with Gasteiger partial charge in [0.25, 0.3) is 0 Å². The van der Waals surface area contributed by atoms with Gasteiger partial charge in [0.05, 0.1) is 5.75 Å². The number of sulfonamides is 1. The van der Waals surface area contributed by atoms with Crippen LogP contribution in [-0.2, 0) is 16.4 Å². The lowest BCUT2D eigenvalue weighted by Gasteiger charge is -2.07. The third-order valence-electron chi connectivity index (χ3n) is 2.34. The van der Waals surface area contributed by atoms with Crippen LogP contribution in [-0.4, -0.2) is 35.9 Å². The Labute approximate surface area is 102 Å². The van der Waals surface area contributed by atoms with Gasteiger partial charge in [0.1, 0.15) is 12.2 Å². The van der Waals surface area contributed by atoms with Crippen LogP contribution < -0.4 is 4.72 Å². The third-order valence-corrected chi connectivity index (χ3v) is 3.76. The number of hydrogen-bond acceptors (Lipinski definition) is 4. The van der Waals surface area contributed by atoms with E-state index in [0.29, 0.717) is 25.3 Å². The summed E-state index contributed by atoms with van der Waals surface area (Å²) in [7, 11) is -3.11. The minimum absolute atomic E-state index is 0.201. The highest BCUT2D eigenvalue weighted by atomic mass is 32.2. The van der Waals surface area contributed by atoms with Crippen molar-refractivity contribution in [1.82, 2.24) is 19.9 Å². The summed E-state index contributed by atoms with van der Waals surface area (Å²) in [5.41, 5.74) is 0. The van der Waals surface area contributed by atoms with Crippen LogP contribution >= 0.6 is 0 Å². The number of nitrogens with zero attached hydrogens (tertiary/aromatic N) is 2. The first kappa shape index (κ1) is 14.1. The van der Waals surface area contributed by atoms with Crippen molar-refractivity contribution in [2.75, 3.05) is 12.3 Å². The Balaban J connectivity index is 2.17. The van der Waals surface area contributed by atoms with Gasteiger partial charge in [-0.25, -0.2) is 18.1 Å². The predicted octanol–water partition coefficient (Wildman–Crippen LogP) is 0.703. The standard InChI is InChI=1S/C10H20N4O2S/c1-9(2)5-7-17(15,16)13-6-3-4-10-11-8-12-14-10/h8-9,13H,3-7H2,1-2H3,(H,11,12,14). The third kappa shape index (κ3) is 6.38. The van der Waals surface area contributed by atoms with Crippen LogP contribution in [0.2, 0.25) is 0 Å². The molecule has 0 spiro atoms. The van der Waals surface area contributed by atoms with Gasteiger partial charge in [-0.05, 0) is 18.8 Å². The van der Waals surface area contributed by atoms with Gasteiger partial charge in [-0.15, -0.1) is 0 Å². The number of aryl methyl sites for hydroxylation is 1. The summed E-state index contributed by atoms with van der Waals surface area (Å²) in [5, 5.41) is 6.46. The summed E-state index contributed by atoms with van der Waals surface area (Å²) in [4.78, 5) is 3.97. The van der Waals surface area contributed by atoms with E-state index in [0.717, 1.165) is 12.2 Å². The van der Waals surface area contributed by atoms with Gasteiger partial charge < -0.3 is 0 Å². The second-order valence-electron chi connectivity index (χ2n) is 4.43. The summed E-state index contributed by atoms with van der Waals surface area (Å²) in [6, 6.07) is 0. The van der Waals surface area contributed by atoms with Crippen LogP contribution in [0.1, 0.15) is 32.5 Å². The number of rotatable bonds is 8. The summed E-state index contributed by atoms with van der Waals surface area (Å²) < 4.78 is 25.7. The average molecular weight is 260 g/mol. The number of nitrogens with one attached hydrogen (secondary N) is 2. The van der Waals surface area contributed by atoms with Crippen molar-refractivity contribution < 1.29 is 8.42 Å². The van der Waals surface area contributed by atoms with Gasteiger partial charge in [-0.1, -0.05) is 13.8 Å². The average Bonchev–Trinajstić information content (AvgIpc) is 2.75. The first-order valence-corrected chi connectivity index (χ1v) is 7.46. The fraction of sp³-hybridized carbons (Fsp3) is 0.800. The molecule has 0 bridgehead atoms. The first-order chi connectivity index (χ1) is 7.99. The summed E-state index contributed by atoms with van der Waals surface area (Å²) >= 11 is 0. The van der Waals surface area contributed by atoms with E-state index in [2.05, 4.69) is 19.9 Å². The smallest absolute Gasteiger partial charge is 0.211 e. The summed E-state index contributed by atoms with van der Waals surface area (Å²) in [6.07, 6.45) is 3.56. The van der Waals surface area contributed by atoms with Crippen molar-refractivity contribution in [2.45, 2.75) is 33.1 Å². The van der Waals surface area contributed by atoms with Crippen molar-refractivity contribution in [2.24, 2.45) is 5.92 Å². The van der Waals surface area contributed by atoms with E-state index >= 15 is 0 Å². The van der Waals surface area contributed by atoms with Crippen molar-refractivity contribution in [3.05, 3.63) is 12.2 Å². The highest BCUT2D eigenvalue weighted by molar-refractivity contribution is 7.89. The first-order valence-electron chi connectivity index (χ1n) is 5.81. The molecule has 6 nitrogen and oxygen atoms in total. The van der Waals surface area contributed by atoms with Crippen molar-refractivity contribution in [3.63, 3.8) is 0 Å². The molecule has 17 heavy (non-hydrogen) atoms. The lowest BCUT2D eigenvalue weighted by atomic mass is 10.2. The maximum Gasteiger partial charge on any atom is 0.211 e. The van der Waals surface area contributed by atoms with E-state index in [-0.39, 0.29) is 5.75 Å². The quantitative estimate of drug-likeness (QED) is 0.674. The molecule has 0 unspecified atom stereocenters. The van der Waals surface area contributed by atoms with E-state index in [9.17, 15) is 8.42 Å². The Bertz CT molecular complexity index is 400. The molecular formula is C10H20N4O2S. The minimum Gasteiger partial charge on any atom is -0.263 e. The largest absolute Gasteiger partial charge is 0.263 e. The van der Waals surface area contributed by atoms with E-state index < -0.39 is 10.0 Å². The number of hydrogen-bond donors (Lipinski definition) is 2. The SMILES string of the molecule is CC(C)CCS(=O)(=O)NCCCc1ncn[nH]1. The predicted molar refractivity (Wildman–Crippen MR) is 65.9 cm³/mol. The zero-order chi connectivity index (χ0) is 12.7. The van der Waals surface area contributed by atoms with Gasteiger partial charge in [-0.2, -0.15) is 5.10 Å². The van der Waals surface area contributed by atoms with Crippen LogP contribution in [0, 0.1) is 5.92 Å². The number of H-pyrrole nitrogens is 1. The van der Waals surface area contributed by atoms with Crippen molar-refractivity contribution in [3.8, 4) is 0 Å². The van der Waals surface area contributed by atoms with Crippen LogP contribution in [0.5, 0.6) is 0 Å². The Hall–Kier alpha value is -0.950. The monoisotopic (exact) mass is 260 g/mol. The van der Waals surface area contributed by atoms with Gasteiger partial charge in [0.15, 0.2) is 0 Å². The molecule has 0 amide bonds. The lowest BCUT2D eigenvalue weighted by Crippen LogP contribution is -2.28. The highest BCUT2D eigenvalue weighted by Crippen LogP contribution is 2.02. The van der Waals surface area contributed by atoms with Crippen molar-refractivity contribution in [1.29, 1.82) is 0 Å². The molecule has 0 fully saturated rings. The molecule has 7 heteroatoms. The van der Waals surface area contributed by atoms with Crippen LogP contribution in [0.4, 0.5) is 0 Å². The second kappa shape index (κ2) is 6.70. The maximum absolute atomic E-state index is 11.5. The minimum atomic E-state index is -3.11. The summed E-state index contributed by atoms with van der Waals surface area (Å²) in [6.45, 7) is 4.47. The molecule has 0 aromatic carbocycles. The number of aromatic amines is 1. The van der Waals surface area contributed by atoms with E-state index in [1.165, 1.54) is 6.33 Å². The van der Waals surface area contributed by atoms with E-state index in [1.54, 1.807) is 0 Å². The second-order valence-corrected chi connectivity index (χ2v) is 6.36. The van der Waals surface area contributed by atoms with E-state index in [4.69, 9.17) is 0 Å². The zero-order valence-corrected chi connectivity index (χ0v) is 11.1. The molecular weight excluding hydrogens is 240 g/mol. The number of aromatic nitrogens is 3. The van der Waals surface area contributed by atoms with Crippen molar-refractivity contribution >= 4 is 10.0 Å². The molecule has 1 heterocycles. The Morgan fingerprint density at radius 3 is 2.82 bits per heavy atom. The lowest BCUT2D eigenvalue weighted by molar-refractivity contribution is 0.559. The molecule has 2 N–H and O–H groups in total. The zero-order valence-electron chi connectivity index (χ0n) is 10.3. The fourth-order valence-corrected chi connectivity index (χ4v) is 2.68. The van der Waals surface area contributed by atoms with Crippen LogP contribution in [0.25, 0.3) is 0 Å². The summed E-state index contributed by atoms with van der Waals surface area (Å²) in [5.74, 6) is 1.39. The molecule has 98 valence electrons. The van der Waals surface area contributed by atoms with Crippen LogP contribution in [0.3, 0.4) is 0 Å². The Morgan fingerprint density at radius 1 is 1.47 bits per heavy atom. The molecule has 0 aliphatic rings. The van der Waals surface area contributed by atoms with Gasteiger partial charge in [0.2, 0.25) is 10.0 Å². The molecule has 0 saturated heterocycles. The molecule has 0 atom stereocenters.